The lowest BCUT2D eigenvalue weighted by atomic mass is 10.0. The van der Waals surface area contributed by atoms with Crippen molar-refractivity contribution in [2.75, 3.05) is 0 Å². The number of nitrogens with one attached hydrogen (secondary N) is 1. The SMILES string of the molecule is C.CC(=N)CCCC(C)C.CC(C)C1=CCC=N1.CC(C)c1ccccc1.CCCCC(C)C.Cc1ccc(C(C)C)cc1. The van der Waals surface area contributed by atoms with E-state index in [1.54, 1.807) is 0 Å². The van der Waals surface area contributed by atoms with E-state index in [2.05, 4.69) is 143 Å². The highest BCUT2D eigenvalue weighted by Gasteiger charge is 2.02. The lowest BCUT2D eigenvalue weighted by Crippen LogP contribution is -1.91. The first-order valence-electron chi connectivity index (χ1n) is 17.1. The van der Waals surface area contributed by atoms with Crippen molar-refractivity contribution in [2.45, 2.75) is 154 Å². The van der Waals surface area contributed by atoms with E-state index in [1.807, 2.05) is 19.2 Å². The van der Waals surface area contributed by atoms with E-state index < -0.39 is 0 Å². The maximum atomic E-state index is 7.14. The number of aliphatic imine (C=N–C) groups is 1. The van der Waals surface area contributed by atoms with E-state index in [0.29, 0.717) is 17.8 Å². The molecule has 1 N–H and O–H groups in total. The van der Waals surface area contributed by atoms with E-state index in [0.717, 1.165) is 30.4 Å². The van der Waals surface area contributed by atoms with Crippen LogP contribution in [0.1, 0.15) is 164 Å². The molecule has 0 bridgehead atoms. The van der Waals surface area contributed by atoms with Crippen LogP contribution in [-0.4, -0.2) is 11.9 Å². The molecule has 0 aliphatic carbocycles. The fourth-order valence-corrected chi connectivity index (χ4v) is 3.95. The molecule has 0 saturated heterocycles. The predicted molar refractivity (Wildman–Crippen MR) is 205 cm³/mol. The van der Waals surface area contributed by atoms with Crippen LogP contribution in [0.4, 0.5) is 0 Å². The third kappa shape index (κ3) is 29.6. The first-order valence-corrected chi connectivity index (χ1v) is 17.1. The number of benzene rings is 2. The van der Waals surface area contributed by atoms with Gasteiger partial charge in [0.15, 0.2) is 0 Å². The van der Waals surface area contributed by atoms with Gasteiger partial charge in [-0.3, -0.25) is 4.99 Å². The highest BCUT2D eigenvalue weighted by atomic mass is 14.8. The Labute approximate surface area is 276 Å². The van der Waals surface area contributed by atoms with Gasteiger partial charge in [0.2, 0.25) is 0 Å². The number of unbranched alkanes of at least 4 members (excludes halogenated alkanes) is 1. The van der Waals surface area contributed by atoms with Gasteiger partial charge in [0.05, 0.1) is 0 Å². The van der Waals surface area contributed by atoms with Crippen molar-refractivity contribution in [2.24, 2.45) is 22.7 Å². The molecule has 0 fully saturated rings. The van der Waals surface area contributed by atoms with Crippen LogP contribution in [0.25, 0.3) is 0 Å². The molecule has 3 rings (SSSR count). The maximum Gasteiger partial charge on any atom is 0.0389 e. The van der Waals surface area contributed by atoms with Gasteiger partial charge in [-0.05, 0) is 67.4 Å². The first-order chi connectivity index (χ1) is 20.2. The second-order valence-electron chi connectivity index (χ2n) is 13.6. The van der Waals surface area contributed by atoms with Crippen molar-refractivity contribution in [3.05, 3.63) is 83.1 Å². The monoisotopic (exact) mass is 607 g/mol. The summed E-state index contributed by atoms with van der Waals surface area (Å²) in [5.41, 5.74) is 6.23. The Hall–Kier alpha value is -2.48. The van der Waals surface area contributed by atoms with Gasteiger partial charge in [-0.15, -0.1) is 0 Å². The summed E-state index contributed by atoms with van der Waals surface area (Å²) in [7, 11) is 0. The second kappa shape index (κ2) is 29.2. The molecule has 2 heteroatoms. The number of allylic oxidation sites excluding steroid dienone is 2. The van der Waals surface area contributed by atoms with Crippen LogP contribution >= 0.6 is 0 Å². The molecule has 0 radical (unpaired) electrons. The molecule has 2 aromatic rings. The van der Waals surface area contributed by atoms with Crippen molar-refractivity contribution >= 4 is 11.9 Å². The van der Waals surface area contributed by atoms with Crippen LogP contribution in [0.2, 0.25) is 0 Å². The fourth-order valence-electron chi connectivity index (χ4n) is 3.95. The molecule has 1 aliphatic heterocycles. The molecule has 0 spiro atoms. The van der Waals surface area contributed by atoms with Gasteiger partial charge in [-0.2, -0.15) is 0 Å². The Morgan fingerprint density at radius 1 is 0.705 bits per heavy atom. The van der Waals surface area contributed by atoms with Gasteiger partial charge >= 0.3 is 0 Å². The molecule has 0 unspecified atom stereocenters. The Morgan fingerprint density at radius 2 is 1.18 bits per heavy atom. The first kappa shape index (κ1) is 45.9. The molecule has 1 heterocycles. The zero-order valence-electron chi connectivity index (χ0n) is 30.6. The summed E-state index contributed by atoms with van der Waals surface area (Å²) >= 11 is 0. The summed E-state index contributed by atoms with van der Waals surface area (Å²) in [4.78, 5) is 4.17. The smallest absolute Gasteiger partial charge is 0.0389 e. The average molecular weight is 607 g/mol. The van der Waals surface area contributed by atoms with Gasteiger partial charge in [-0.1, -0.05) is 176 Å². The number of rotatable bonds is 10. The third-order valence-electron chi connectivity index (χ3n) is 6.94. The largest absolute Gasteiger partial charge is 0.310 e. The fraction of sp³-hybridized carbons (Fsp3) is 0.619. The van der Waals surface area contributed by atoms with Crippen LogP contribution in [-0.2, 0) is 0 Å². The van der Waals surface area contributed by atoms with Crippen molar-refractivity contribution in [3.63, 3.8) is 0 Å². The quantitative estimate of drug-likeness (QED) is 0.261. The summed E-state index contributed by atoms with van der Waals surface area (Å²) in [6.45, 7) is 28.4. The normalized spacial score (nSPS) is 11.4. The van der Waals surface area contributed by atoms with Gasteiger partial charge in [0.1, 0.15) is 0 Å². The number of hydrogen-bond acceptors (Lipinski definition) is 2. The number of aryl methyl sites for hydroxylation is 1. The number of nitrogens with zero attached hydrogens (tertiary/aromatic N) is 1. The molecule has 0 saturated carbocycles. The molecule has 1 aliphatic rings. The Morgan fingerprint density at radius 3 is 1.48 bits per heavy atom. The summed E-state index contributed by atoms with van der Waals surface area (Å²) in [5.74, 6) is 3.62. The molecule has 44 heavy (non-hydrogen) atoms. The van der Waals surface area contributed by atoms with Gasteiger partial charge < -0.3 is 5.41 Å². The van der Waals surface area contributed by atoms with E-state index in [9.17, 15) is 0 Å². The average Bonchev–Trinajstić information content (AvgIpc) is 3.49. The summed E-state index contributed by atoms with van der Waals surface area (Å²) in [6, 6.07) is 19.2. The minimum Gasteiger partial charge on any atom is -0.310 e. The molecule has 252 valence electrons. The van der Waals surface area contributed by atoms with Gasteiger partial charge in [-0.25, -0.2) is 0 Å². The zero-order valence-corrected chi connectivity index (χ0v) is 30.6. The summed E-state index contributed by atoms with van der Waals surface area (Å²) in [6.07, 6.45) is 12.7. The van der Waals surface area contributed by atoms with Crippen molar-refractivity contribution < 1.29 is 0 Å². The zero-order chi connectivity index (χ0) is 33.2. The van der Waals surface area contributed by atoms with E-state index in [-0.39, 0.29) is 7.43 Å². The lowest BCUT2D eigenvalue weighted by molar-refractivity contribution is 0.550. The molecule has 2 nitrogen and oxygen atoms in total. The highest BCUT2D eigenvalue weighted by Crippen LogP contribution is 2.15. The highest BCUT2D eigenvalue weighted by molar-refractivity contribution is 5.78. The van der Waals surface area contributed by atoms with Crippen LogP contribution < -0.4 is 0 Å². The van der Waals surface area contributed by atoms with Crippen molar-refractivity contribution in [3.8, 4) is 0 Å². The van der Waals surface area contributed by atoms with Gasteiger partial charge in [0.25, 0.3) is 0 Å². The van der Waals surface area contributed by atoms with E-state index in [4.69, 9.17) is 5.41 Å². The van der Waals surface area contributed by atoms with Crippen LogP contribution in [0.5, 0.6) is 0 Å². The Bertz CT molecular complexity index is 961. The summed E-state index contributed by atoms with van der Waals surface area (Å²) < 4.78 is 0. The van der Waals surface area contributed by atoms with E-state index in [1.165, 1.54) is 54.5 Å². The molecule has 0 atom stereocenters. The van der Waals surface area contributed by atoms with Crippen LogP contribution in [0.15, 0.2) is 71.4 Å². The second-order valence-corrected chi connectivity index (χ2v) is 13.6. The van der Waals surface area contributed by atoms with Crippen molar-refractivity contribution in [1.29, 1.82) is 5.41 Å². The maximum absolute atomic E-state index is 7.14. The summed E-state index contributed by atoms with van der Waals surface area (Å²) in [5, 5.41) is 7.14. The molecular formula is C42H74N2. The minimum absolute atomic E-state index is 0. The Kier molecular flexibility index (Phi) is 30.5. The van der Waals surface area contributed by atoms with Gasteiger partial charge in [0, 0.05) is 24.0 Å². The number of hydrogen-bond donors (Lipinski definition) is 1. The van der Waals surface area contributed by atoms with E-state index >= 15 is 0 Å². The topological polar surface area (TPSA) is 36.2 Å². The Balaban J connectivity index is -0.000000477. The standard InChI is InChI=1S/C10H14.C9H12.C8H17N.C7H11N.C7H16.CH4/c1-8(2)10-6-4-9(3)5-7-10;1-8(2)9-6-4-3-5-7-9;1-7(2)5-4-6-8(3)9;1-6(2)7-4-3-5-8-7;1-4-5-6-7(2)3;/h4-8H,1-3H3;3-8H,1-2H3;7,9H,4-6H2,1-3H3;4-6H,3H2,1-2H3;7H,4-6H2,1-3H3;1H4. The van der Waals surface area contributed by atoms with Crippen LogP contribution in [0, 0.1) is 30.1 Å². The van der Waals surface area contributed by atoms with Crippen LogP contribution in [0.3, 0.4) is 0 Å². The molecular weight excluding hydrogens is 532 g/mol. The lowest BCUT2D eigenvalue weighted by Gasteiger charge is -2.03. The molecule has 0 amide bonds. The molecule has 0 aromatic heterocycles. The predicted octanol–water partition coefficient (Wildman–Crippen LogP) is 14.3. The minimum atomic E-state index is 0. The molecule has 2 aromatic carbocycles. The van der Waals surface area contributed by atoms with Crippen molar-refractivity contribution in [1.82, 2.24) is 0 Å². The third-order valence-corrected chi connectivity index (χ3v) is 6.94.